The Morgan fingerprint density at radius 3 is 2.62 bits per heavy atom. The highest BCUT2D eigenvalue weighted by atomic mass is 35.5. The van der Waals surface area contributed by atoms with Gasteiger partial charge in [-0.25, -0.2) is 0 Å². The van der Waals surface area contributed by atoms with Crippen LogP contribution in [0.15, 0.2) is 40.8 Å². The van der Waals surface area contributed by atoms with E-state index in [4.69, 9.17) is 16.0 Å². The number of furan rings is 1. The van der Waals surface area contributed by atoms with Gasteiger partial charge in [0.25, 0.3) is 5.91 Å². The highest BCUT2D eigenvalue weighted by Crippen LogP contribution is 2.35. The minimum atomic E-state index is -1.03. The fraction of sp³-hybridized carbons (Fsp3) is 0.440. The molecule has 6 nitrogen and oxygen atoms in total. The molecule has 1 atom stereocenters. The number of benzene rings is 1. The number of rotatable bonds is 4. The molecule has 0 saturated heterocycles. The van der Waals surface area contributed by atoms with Crippen LogP contribution in [-0.2, 0) is 17.9 Å². The van der Waals surface area contributed by atoms with Crippen molar-refractivity contribution in [3.63, 3.8) is 0 Å². The summed E-state index contributed by atoms with van der Waals surface area (Å²) in [6, 6.07) is 11.3. The fourth-order valence-corrected chi connectivity index (χ4v) is 5.20. The average molecular weight is 454 g/mol. The molecule has 3 aromatic rings. The second-order valence-corrected chi connectivity index (χ2v) is 9.76. The molecule has 1 aliphatic heterocycles. The Hall–Kier alpha value is -2.73. The van der Waals surface area contributed by atoms with Gasteiger partial charge in [0.2, 0.25) is 5.91 Å². The van der Waals surface area contributed by atoms with Gasteiger partial charge in [-0.15, -0.1) is 0 Å². The van der Waals surface area contributed by atoms with E-state index in [0.717, 1.165) is 42.5 Å². The molecule has 1 fully saturated rings. The zero-order valence-corrected chi connectivity index (χ0v) is 19.2. The molecular weight excluding hydrogens is 426 g/mol. The number of hydrogen-bond acceptors (Lipinski definition) is 3. The Labute approximate surface area is 192 Å². The van der Waals surface area contributed by atoms with Crippen molar-refractivity contribution in [1.29, 1.82) is 0 Å². The van der Waals surface area contributed by atoms with E-state index >= 15 is 0 Å². The summed E-state index contributed by atoms with van der Waals surface area (Å²) in [5, 5.41) is 3.90. The number of amides is 2. The van der Waals surface area contributed by atoms with E-state index in [-0.39, 0.29) is 17.9 Å². The van der Waals surface area contributed by atoms with Crippen molar-refractivity contribution in [2.45, 2.75) is 70.6 Å². The van der Waals surface area contributed by atoms with Crippen LogP contribution in [0.25, 0.3) is 11.1 Å². The van der Waals surface area contributed by atoms with E-state index < -0.39 is 5.54 Å². The molecule has 32 heavy (non-hydrogen) atoms. The van der Waals surface area contributed by atoms with Crippen LogP contribution in [-0.4, -0.2) is 32.9 Å². The molecule has 1 unspecified atom stereocenters. The summed E-state index contributed by atoms with van der Waals surface area (Å²) in [6.45, 7) is 4.47. The Morgan fingerprint density at radius 1 is 1.19 bits per heavy atom. The van der Waals surface area contributed by atoms with Crippen LogP contribution >= 0.6 is 11.6 Å². The second kappa shape index (κ2) is 8.00. The molecular formula is C25H28ClN3O3. The van der Waals surface area contributed by atoms with E-state index in [2.05, 4.69) is 5.32 Å². The highest BCUT2D eigenvalue weighted by Gasteiger charge is 2.48. The second-order valence-electron chi connectivity index (χ2n) is 9.32. The number of fused-ring (bicyclic) bond motifs is 3. The first-order valence-electron chi connectivity index (χ1n) is 11.3. The van der Waals surface area contributed by atoms with Crippen molar-refractivity contribution >= 4 is 34.5 Å². The van der Waals surface area contributed by atoms with E-state index in [0.29, 0.717) is 29.4 Å². The number of aromatic nitrogens is 1. The largest absolute Gasteiger partial charge is 0.460 e. The van der Waals surface area contributed by atoms with Crippen LogP contribution in [0.1, 0.15) is 60.8 Å². The standard InChI is InChI=1S/C25H28ClN3O3/c1-16-12-20-22(32-16)13-21-23(30)29(14-17-8-10-18(26)11-9-17)25(2,15-28(20)21)24(31)27-19-6-4-3-5-7-19/h8-13,19H,3-7,14-15H2,1-2H3,(H,27,31). The molecule has 1 saturated carbocycles. The Morgan fingerprint density at radius 2 is 1.91 bits per heavy atom. The predicted molar refractivity (Wildman–Crippen MR) is 124 cm³/mol. The first kappa shape index (κ1) is 21.1. The van der Waals surface area contributed by atoms with Crippen molar-refractivity contribution in [2.24, 2.45) is 0 Å². The van der Waals surface area contributed by atoms with Gasteiger partial charge in [0, 0.05) is 29.7 Å². The van der Waals surface area contributed by atoms with E-state index in [1.54, 1.807) is 11.0 Å². The third-order valence-electron chi connectivity index (χ3n) is 6.92. The first-order valence-corrected chi connectivity index (χ1v) is 11.7. The van der Waals surface area contributed by atoms with Gasteiger partial charge in [-0.1, -0.05) is 43.0 Å². The number of nitrogens with zero attached hydrogens (tertiary/aromatic N) is 2. The molecule has 1 N–H and O–H groups in total. The molecule has 0 spiro atoms. The van der Waals surface area contributed by atoms with Crippen LogP contribution in [0.2, 0.25) is 5.02 Å². The predicted octanol–water partition coefficient (Wildman–Crippen LogP) is 5.06. The number of hydrogen-bond donors (Lipinski definition) is 1. The minimum absolute atomic E-state index is 0.0977. The van der Waals surface area contributed by atoms with Crippen molar-refractivity contribution < 1.29 is 14.0 Å². The SMILES string of the molecule is Cc1cc2c(cc3n2CC(C)(C(=O)NC2CCCCC2)N(Cc2ccc(Cl)cc2)C3=O)o1. The molecule has 168 valence electrons. The first-order chi connectivity index (χ1) is 15.3. The zero-order chi connectivity index (χ0) is 22.5. The normalized spacial score (nSPS) is 21.7. The lowest BCUT2D eigenvalue weighted by molar-refractivity contribution is -0.134. The van der Waals surface area contributed by atoms with E-state index in [9.17, 15) is 9.59 Å². The van der Waals surface area contributed by atoms with Gasteiger partial charge >= 0.3 is 0 Å². The number of halogens is 1. The molecule has 7 heteroatoms. The van der Waals surface area contributed by atoms with Gasteiger partial charge in [-0.3, -0.25) is 9.59 Å². The van der Waals surface area contributed by atoms with E-state index in [1.807, 2.05) is 48.7 Å². The minimum Gasteiger partial charge on any atom is -0.460 e. The van der Waals surface area contributed by atoms with Crippen LogP contribution in [0.5, 0.6) is 0 Å². The summed E-state index contributed by atoms with van der Waals surface area (Å²) >= 11 is 6.05. The fourth-order valence-electron chi connectivity index (χ4n) is 5.07. The molecule has 2 aliphatic rings. The molecule has 2 aromatic heterocycles. The topological polar surface area (TPSA) is 67.5 Å². The molecule has 1 aromatic carbocycles. The lowest BCUT2D eigenvalue weighted by Crippen LogP contribution is -2.64. The summed E-state index contributed by atoms with van der Waals surface area (Å²) in [6.07, 6.45) is 5.46. The van der Waals surface area contributed by atoms with Crippen LogP contribution in [0, 0.1) is 6.92 Å². The van der Waals surface area contributed by atoms with Crippen LogP contribution in [0.4, 0.5) is 0 Å². The molecule has 0 bridgehead atoms. The van der Waals surface area contributed by atoms with E-state index in [1.165, 1.54) is 6.42 Å². The zero-order valence-electron chi connectivity index (χ0n) is 18.5. The van der Waals surface area contributed by atoms with Gasteiger partial charge in [-0.2, -0.15) is 0 Å². The Bertz CT molecular complexity index is 1170. The monoisotopic (exact) mass is 453 g/mol. The van der Waals surface area contributed by atoms with Gasteiger partial charge < -0.3 is 19.2 Å². The number of aryl methyl sites for hydroxylation is 1. The highest BCUT2D eigenvalue weighted by molar-refractivity contribution is 6.30. The molecule has 1 aliphatic carbocycles. The summed E-state index contributed by atoms with van der Waals surface area (Å²) < 4.78 is 7.72. The number of carbonyl (C=O) groups excluding carboxylic acids is 2. The maximum absolute atomic E-state index is 13.7. The number of nitrogens with one attached hydrogen (secondary N) is 1. The lowest BCUT2D eigenvalue weighted by atomic mass is 9.91. The third kappa shape index (κ3) is 3.60. The average Bonchev–Trinajstić information content (AvgIpc) is 3.30. The number of carbonyl (C=O) groups is 2. The van der Waals surface area contributed by atoms with Crippen LogP contribution < -0.4 is 5.32 Å². The molecule has 2 amide bonds. The van der Waals surface area contributed by atoms with Gasteiger partial charge in [0.05, 0.1) is 12.1 Å². The van der Waals surface area contributed by atoms with Crippen molar-refractivity contribution in [3.8, 4) is 0 Å². The summed E-state index contributed by atoms with van der Waals surface area (Å²) in [5.74, 6) is 0.519. The van der Waals surface area contributed by atoms with Gasteiger partial charge in [0.1, 0.15) is 17.0 Å². The van der Waals surface area contributed by atoms with Crippen molar-refractivity contribution in [1.82, 2.24) is 14.8 Å². The smallest absolute Gasteiger partial charge is 0.271 e. The van der Waals surface area contributed by atoms with Crippen LogP contribution in [0.3, 0.4) is 0 Å². The van der Waals surface area contributed by atoms with Crippen molar-refractivity contribution in [2.75, 3.05) is 0 Å². The Kier molecular flexibility index (Phi) is 5.28. The van der Waals surface area contributed by atoms with Gasteiger partial charge in [-0.05, 0) is 44.4 Å². The lowest BCUT2D eigenvalue weighted by Gasteiger charge is -2.44. The summed E-state index contributed by atoms with van der Waals surface area (Å²) in [5.41, 5.74) is 1.98. The van der Waals surface area contributed by atoms with Gasteiger partial charge in [0.15, 0.2) is 5.58 Å². The molecule has 3 heterocycles. The molecule has 5 rings (SSSR count). The van der Waals surface area contributed by atoms with Crippen molar-refractivity contribution in [3.05, 3.63) is 58.4 Å². The maximum atomic E-state index is 13.7. The summed E-state index contributed by atoms with van der Waals surface area (Å²) in [4.78, 5) is 29.1. The third-order valence-corrected chi connectivity index (χ3v) is 7.17. The quantitative estimate of drug-likeness (QED) is 0.600. The maximum Gasteiger partial charge on any atom is 0.271 e. The molecule has 0 radical (unpaired) electrons. The Balaban J connectivity index is 1.54. The summed E-state index contributed by atoms with van der Waals surface area (Å²) in [7, 11) is 0.